The number of allylic oxidation sites excluding steroid dienone is 3. The molecule has 14 heteroatoms. The maximum absolute atomic E-state index is 13.2. The van der Waals surface area contributed by atoms with Gasteiger partial charge in [-0.25, -0.2) is 0 Å². The maximum Gasteiger partial charge on any atom is 1.00 e. The van der Waals surface area contributed by atoms with Crippen LogP contribution in [0.3, 0.4) is 0 Å². The molecular weight excluding hydrogens is 688 g/mol. The van der Waals surface area contributed by atoms with Crippen molar-refractivity contribution in [1.82, 2.24) is 0 Å². The molecule has 4 aromatic rings. The number of thioether (sulfide) groups is 1. The Morgan fingerprint density at radius 2 is 1.82 bits per heavy atom. The largest absolute Gasteiger partial charge is 1.00 e. The molecule has 9 nitrogen and oxygen atoms in total. The van der Waals surface area contributed by atoms with Crippen LogP contribution >= 0.6 is 11.8 Å². The quantitative estimate of drug-likeness (QED) is 0.0567. The van der Waals surface area contributed by atoms with Gasteiger partial charge in [-0.3, -0.25) is 9.59 Å². The summed E-state index contributed by atoms with van der Waals surface area (Å²) in [6, 6.07) is 10.2. The van der Waals surface area contributed by atoms with E-state index in [1.807, 2.05) is 13.0 Å². The summed E-state index contributed by atoms with van der Waals surface area (Å²) in [7, 11) is 0. The molecule has 2 aromatic carbocycles. The second kappa shape index (κ2) is 18.5. The predicted molar refractivity (Wildman–Crippen MR) is 175 cm³/mol. The number of fused-ring (bicyclic) bond motifs is 1. The van der Waals surface area contributed by atoms with Crippen molar-refractivity contribution >= 4 is 34.5 Å². The summed E-state index contributed by atoms with van der Waals surface area (Å²) < 4.78 is 55.5. The van der Waals surface area contributed by atoms with Gasteiger partial charge in [-0.1, -0.05) is 37.6 Å². The fourth-order valence-corrected chi connectivity index (χ4v) is 5.99. The number of hydrogen-bond donors (Lipinski definition) is 2. The van der Waals surface area contributed by atoms with Crippen LogP contribution in [-0.4, -0.2) is 33.8 Å². The average molecular weight is 723 g/mol. The molecule has 0 radical (unpaired) electrons. The number of ether oxygens (including phenoxy) is 1. The molecule has 0 bridgehead atoms. The van der Waals surface area contributed by atoms with Crippen LogP contribution in [-0.2, 0) is 12.6 Å². The number of aromatic carboxylic acids is 1. The van der Waals surface area contributed by atoms with Crippen molar-refractivity contribution in [3.05, 3.63) is 111 Å². The Hall–Kier alpha value is -3.75. The minimum absolute atomic E-state index is 0. The number of carboxylic acids is 1. The van der Waals surface area contributed by atoms with Crippen molar-refractivity contribution in [3.8, 4) is 11.5 Å². The monoisotopic (exact) mass is 722 g/mol. The van der Waals surface area contributed by atoms with Crippen molar-refractivity contribution in [1.29, 1.82) is 0 Å². The molecule has 4 rings (SSSR count). The number of Topliss-reactive ketones (excluding diaryl/α,β-unsaturated/α-hetero) is 1. The summed E-state index contributed by atoms with van der Waals surface area (Å²) in [5.41, 5.74) is 0.232. The Balaban J connectivity index is 0.00000676. The molecular formula is C36H34F3NaO9S. The normalized spacial score (nSPS) is 13.1. The van der Waals surface area contributed by atoms with Crippen molar-refractivity contribution in [2.24, 2.45) is 0 Å². The van der Waals surface area contributed by atoms with Crippen molar-refractivity contribution in [3.63, 3.8) is 0 Å². The summed E-state index contributed by atoms with van der Waals surface area (Å²) in [6.07, 6.45) is 4.02. The molecule has 2 atom stereocenters. The maximum atomic E-state index is 13.2. The van der Waals surface area contributed by atoms with E-state index in [0.717, 1.165) is 42.8 Å². The third-order valence-corrected chi connectivity index (χ3v) is 8.59. The number of carbonyl (C=O) groups excluding carboxylic acids is 2. The molecule has 50 heavy (non-hydrogen) atoms. The zero-order chi connectivity index (χ0) is 35.7. The second-order valence-electron chi connectivity index (χ2n) is 11.0. The van der Waals surface area contributed by atoms with E-state index < -0.39 is 40.4 Å². The van der Waals surface area contributed by atoms with Crippen LogP contribution in [0.2, 0.25) is 0 Å². The number of phenolic OH excluding ortho intramolecular Hbond substituents is 1. The van der Waals surface area contributed by atoms with E-state index in [1.54, 1.807) is 36.4 Å². The summed E-state index contributed by atoms with van der Waals surface area (Å²) in [4.78, 5) is 35.7. The molecule has 0 aliphatic carbocycles. The van der Waals surface area contributed by atoms with Crippen LogP contribution in [0.4, 0.5) is 13.2 Å². The van der Waals surface area contributed by atoms with Crippen LogP contribution in [0.25, 0.3) is 11.0 Å². The van der Waals surface area contributed by atoms with Gasteiger partial charge < -0.3 is 33.7 Å². The molecule has 0 aliphatic rings. The number of furan rings is 1. The number of phenols is 1. The SMILES string of the molecule is CCCc1c(OCCCC/C=C\C=C\[C@H](Sc2ccc3c(=O)cc(C(=O)[O-])oc3c2)[C@H](O)c2ccc(C(F)(F)F)o2)ccc(C(C)=O)c1O.[Na+]. The third-order valence-electron chi connectivity index (χ3n) is 7.37. The fraction of sp³-hybridized carbons (Fsp3) is 0.306. The Morgan fingerprint density at radius 3 is 2.48 bits per heavy atom. The summed E-state index contributed by atoms with van der Waals surface area (Å²) in [5.74, 6) is -3.64. The van der Waals surface area contributed by atoms with Crippen molar-refractivity contribution in [2.75, 3.05) is 6.61 Å². The van der Waals surface area contributed by atoms with E-state index in [-0.39, 0.29) is 63.4 Å². The van der Waals surface area contributed by atoms with E-state index >= 15 is 0 Å². The van der Waals surface area contributed by atoms with Crippen LogP contribution in [0.1, 0.15) is 83.6 Å². The van der Waals surface area contributed by atoms with E-state index in [9.17, 15) is 42.9 Å². The molecule has 0 saturated heterocycles. The van der Waals surface area contributed by atoms with Gasteiger partial charge in [-0.2, -0.15) is 13.2 Å². The van der Waals surface area contributed by atoms with Crippen LogP contribution < -0.4 is 44.8 Å². The molecule has 0 fully saturated rings. The van der Waals surface area contributed by atoms with Crippen molar-refractivity contribution < 1.29 is 81.2 Å². The smallest absolute Gasteiger partial charge is 0.542 e. The summed E-state index contributed by atoms with van der Waals surface area (Å²) in [5, 5.41) is 32.0. The predicted octanol–water partition coefficient (Wildman–Crippen LogP) is 4.19. The van der Waals surface area contributed by atoms with Crippen LogP contribution in [0.5, 0.6) is 11.5 Å². The Morgan fingerprint density at radius 1 is 1.06 bits per heavy atom. The second-order valence-corrected chi connectivity index (χ2v) is 12.3. The van der Waals surface area contributed by atoms with Gasteiger partial charge in [0.15, 0.2) is 17.0 Å². The van der Waals surface area contributed by atoms with Crippen molar-refractivity contribution in [2.45, 2.75) is 68.4 Å². The number of aromatic hydroxyl groups is 1. The molecule has 2 N–H and O–H groups in total. The fourth-order valence-electron chi connectivity index (χ4n) is 4.93. The van der Waals surface area contributed by atoms with Gasteiger partial charge in [-0.15, -0.1) is 11.8 Å². The van der Waals surface area contributed by atoms with E-state index in [4.69, 9.17) is 13.6 Å². The summed E-state index contributed by atoms with van der Waals surface area (Å²) >= 11 is 1.03. The van der Waals surface area contributed by atoms with Crippen LogP contribution in [0.15, 0.2) is 91.4 Å². The molecule has 2 aromatic heterocycles. The first-order valence-electron chi connectivity index (χ1n) is 15.4. The first-order chi connectivity index (χ1) is 23.3. The van der Waals surface area contributed by atoms with Crippen LogP contribution in [0, 0.1) is 0 Å². The zero-order valence-corrected chi connectivity index (χ0v) is 30.4. The van der Waals surface area contributed by atoms with Gasteiger partial charge in [0.25, 0.3) is 0 Å². The van der Waals surface area contributed by atoms with Gasteiger partial charge in [0.1, 0.15) is 34.9 Å². The van der Waals surface area contributed by atoms with Gasteiger partial charge in [0.2, 0.25) is 5.76 Å². The standard InChI is InChI=1S/C36H35F3O9S.Na/c1-3-10-25-27(15-14-23(21(2)40)33(25)42)46-18-9-7-5-4-6-8-11-31(34(43)28-16-17-32(48-28)36(37,38)39)49-22-12-13-24-26(41)20-30(35(44)45)47-29(24)19-22;/h4,6,8,11-17,19-20,31,34,42-43H,3,5,7,9-10,18H2,1-2H3,(H,44,45);/q;+1/p-1/b6-4-,11-8+;/t31-,34+;/m0./s1. The molecule has 0 amide bonds. The number of aliphatic hydroxyl groups is 1. The van der Waals surface area contributed by atoms with Gasteiger partial charge >= 0.3 is 35.7 Å². The number of carbonyl (C=O) groups is 2. The van der Waals surface area contributed by atoms with E-state index in [0.29, 0.717) is 42.1 Å². The Bertz CT molecular complexity index is 1910. The van der Waals surface area contributed by atoms with E-state index in [1.165, 1.54) is 19.1 Å². The third kappa shape index (κ3) is 10.6. The minimum Gasteiger partial charge on any atom is -0.542 e. The molecule has 0 unspecified atom stereocenters. The number of aliphatic hydroxyl groups excluding tert-OH is 1. The number of halogens is 3. The van der Waals surface area contributed by atoms with E-state index in [2.05, 4.69) is 0 Å². The molecule has 0 spiro atoms. The number of alkyl halides is 3. The van der Waals surface area contributed by atoms with Gasteiger partial charge in [-0.05, 0) is 75.1 Å². The number of hydrogen-bond acceptors (Lipinski definition) is 10. The number of unbranched alkanes of at least 4 members (excludes halogenated alkanes) is 2. The van der Waals surface area contributed by atoms with Gasteiger partial charge in [0, 0.05) is 16.5 Å². The zero-order valence-electron chi connectivity index (χ0n) is 27.6. The number of carboxylic acid groups (broad SMARTS) is 1. The average Bonchev–Trinajstić information content (AvgIpc) is 3.56. The first-order valence-corrected chi connectivity index (χ1v) is 16.3. The summed E-state index contributed by atoms with van der Waals surface area (Å²) in [6.45, 7) is 3.75. The van der Waals surface area contributed by atoms with Gasteiger partial charge in [0.05, 0.1) is 22.8 Å². The minimum atomic E-state index is -4.74. The molecule has 0 saturated carbocycles. The molecule has 0 aliphatic heterocycles. The number of benzene rings is 2. The molecule has 260 valence electrons. The topological polar surface area (TPSA) is 150 Å². The number of rotatable bonds is 16. The number of ketones is 1. The Labute approximate surface area is 312 Å². The molecule has 2 heterocycles. The Kier molecular flexibility index (Phi) is 15.0. The first kappa shape index (κ1) is 40.7.